The third kappa shape index (κ3) is 1.50. The van der Waals surface area contributed by atoms with Gasteiger partial charge in [-0.3, -0.25) is 10.6 Å². The molecule has 3 heterocycles. The summed E-state index contributed by atoms with van der Waals surface area (Å²) in [4.78, 5) is 3.15. The molecule has 2 unspecified atom stereocenters. The van der Waals surface area contributed by atoms with Gasteiger partial charge in [0.05, 0.1) is 0 Å². The molecule has 4 nitrogen and oxygen atoms in total. The predicted octanol–water partition coefficient (Wildman–Crippen LogP) is 0.396. The number of nitrogens with one attached hydrogen (secondary N) is 3. The van der Waals surface area contributed by atoms with Crippen molar-refractivity contribution in [2.24, 2.45) is 0 Å². The molecule has 2 atom stereocenters. The summed E-state index contributed by atoms with van der Waals surface area (Å²) in [5.74, 6) is 2.42. The molecule has 13 heavy (non-hydrogen) atoms. The summed E-state index contributed by atoms with van der Waals surface area (Å²) in [7, 11) is -1.03. The fraction of sp³-hybridized carbons (Fsp3) is 1.00. The molecule has 0 aliphatic carbocycles. The first-order valence-corrected chi connectivity index (χ1v) is 8.16. The van der Waals surface area contributed by atoms with Crippen molar-refractivity contribution in [3.05, 3.63) is 0 Å². The van der Waals surface area contributed by atoms with Crippen molar-refractivity contribution in [3.63, 3.8) is 0 Å². The van der Waals surface area contributed by atoms with E-state index in [4.69, 9.17) is 4.28 Å². The molecule has 0 aromatic heterocycles. The van der Waals surface area contributed by atoms with E-state index in [1.807, 2.05) is 23.5 Å². The monoisotopic (exact) mass is 239 g/mol. The van der Waals surface area contributed by atoms with Crippen LogP contribution in [0.5, 0.6) is 0 Å². The van der Waals surface area contributed by atoms with E-state index in [2.05, 4.69) is 15.5 Å². The lowest BCUT2D eigenvalue weighted by molar-refractivity contribution is 0.465. The Hall–Kier alpha value is 0.890. The van der Waals surface area contributed by atoms with Crippen LogP contribution < -0.4 is 15.5 Å². The molecule has 0 bridgehead atoms. The van der Waals surface area contributed by atoms with Crippen LogP contribution in [0.4, 0.5) is 0 Å². The van der Waals surface area contributed by atoms with Gasteiger partial charge in [0.2, 0.25) is 0 Å². The molecular weight excluding hydrogens is 226 g/mol. The highest BCUT2D eigenvalue weighted by Crippen LogP contribution is 2.69. The molecule has 7 heteroatoms. The van der Waals surface area contributed by atoms with Crippen LogP contribution in [-0.2, 0) is 4.28 Å². The first kappa shape index (κ1) is 9.14. The maximum Gasteiger partial charge on any atom is 0.124 e. The van der Waals surface area contributed by atoms with E-state index < -0.39 is 10.5 Å². The fourth-order valence-corrected chi connectivity index (χ4v) is 8.11. The molecule has 0 spiro atoms. The molecule has 3 N–H and O–H groups in total. The zero-order chi connectivity index (χ0) is 8.73. The van der Waals surface area contributed by atoms with E-state index in [1.165, 1.54) is 11.5 Å². The first-order chi connectivity index (χ1) is 6.42. The maximum absolute atomic E-state index is 5.53. The van der Waals surface area contributed by atoms with Gasteiger partial charge in [-0.1, -0.05) is 0 Å². The average molecular weight is 239 g/mol. The summed E-state index contributed by atoms with van der Waals surface area (Å²) in [6.45, 7) is 2.24. The Morgan fingerprint density at radius 3 is 1.92 bits per heavy atom. The highest BCUT2D eigenvalue weighted by Gasteiger charge is 2.55. The van der Waals surface area contributed by atoms with Crippen molar-refractivity contribution in [3.8, 4) is 0 Å². The van der Waals surface area contributed by atoms with Crippen molar-refractivity contribution >= 4 is 34.0 Å². The van der Waals surface area contributed by atoms with Crippen LogP contribution in [0.2, 0.25) is 0 Å². The third-order valence-corrected chi connectivity index (χ3v) is 8.78. The second kappa shape index (κ2) is 3.48. The lowest BCUT2D eigenvalue weighted by Gasteiger charge is -2.26. The standard InChI is InChI=1S/C6H13N3OS3/c1-3-11-5(7-1)13(9-10-13)6-8-2-4-12-6/h5-9H,1-4H2. The second-order valence-corrected chi connectivity index (χ2v) is 8.72. The largest absolute Gasteiger partial charge is 0.294 e. The number of hydrogen-bond acceptors (Lipinski definition) is 6. The van der Waals surface area contributed by atoms with Crippen molar-refractivity contribution in [1.82, 2.24) is 15.5 Å². The van der Waals surface area contributed by atoms with Gasteiger partial charge in [0.1, 0.15) is 9.41 Å². The van der Waals surface area contributed by atoms with Crippen molar-refractivity contribution in [2.75, 3.05) is 24.6 Å². The van der Waals surface area contributed by atoms with Crippen LogP contribution in [-0.4, -0.2) is 34.0 Å². The normalized spacial score (nSPS) is 54.8. The highest BCUT2D eigenvalue weighted by molar-refractivity contribution is 8.44. The van der Waals surface area contributed by atoms with Gasteiger partial charge in [0, 0.05) is 35.1 Å². The van der Waals surface area contributed by atoms with E-state index in [-0.39, 0.29) is 0 Å². The Morgan fingerprint density at radius 2 is 1.62 bits per heavy atom. The zero-order valence-corrected chi connectivity index (χ0v) is 9.57. The Bertz CT molecular complexity index is 183. The van der Waals surface area contributed by atoms with Gasteiger partial charge in [-0.15, -0.1) is 28.4 Å². The van der Waals surface area contributed by atoms with Gasteiger partial charge >= 0.3 is 0 Å². The van der Waals surface area contributed by atoms with E-state index >= 15 is 0 Å². The van der Waals surface area contributed by atoms with Crippen molar-refractivity contribution < 1.29 is 4.28 Å². The topological polar surface area (TPSA) is 58.5 Å². The third-order valence-electron chi connectivity index (χ3n) is 2.28. The fourth-order valence-electron chi connectivity index (χ4n) is 1.58. The van der Waals surface area contributed by atoms with Gasteiger partial charge in [-0.05, 0) is 0 Å². The summed E-state index contributed by atoms with van der Waals surface area (Å²) in [6, 6.07) is 0. The average Bonchev–Trinajstić information content (AvgIpc) is 2.68. The molecule has 3 aliphatic rings. The molecule has 3 fully saturated rings. The minimum Gasteiger partial charge on any atom is -0.294 e. The number of thioether (sulfide) groups is 2. The minimum absolute atomic E-state index is 0.496. The Labute approximate surface area is 87.9 Å². The van der Waals surface area contributed by atoms with E-state index in [9.17, 15) is 0 Å². The molecule has 0 aromatic carbocycles. The highest BCUT2D eigenvalue weighted by atomic mass is 32.3. The SMILES string of the molecule is C1CSC(S2(C3NCCS3)NO2)N1. The van der Waals surface area contributed by atoms with Crippen LogP contribution in [0, 0.1) is 0 Å². The molecule has 3 rings (SSSR count). The van der Waals surface area contributed by atoms with Crippen LogP contribution in [0.15, 0.2) is 0 Å². The van der Waals surface area contributed by atoms with Gasteiger partial charge in [0.25, 0.3) is 0 Å². The van der Waals surface area contributed by atoms with Gasteiger partial charge in [-0.2, -0.15) is 0 Å². The Balaban J connectivity index is 1.72. The number of rotatable bonds is 2. The molecule has 76 valence electrons. The van der Waals surface area contributed by atoms with Gasteiger partial charge in [0.15, 0.2) is 0 Å². The lowest BCUT2D eigenvalue weighted by Crippen LogP contribution is -2.32. The van der Waals surface area contributed by atoms with Gasteiger partial charge < -0.3 is 0 Å². The molecule has 0 saturated carbocycles. The quantitative estimate of drug-likeness (QED) is 0.606. The molecule has 3 aliphatic heterocycles. The number of hydrogen-bond donors (Lipinski definition) is 3. The van der Waals surface area contributed by atoms with Crippen LogP contribution in [0.3, 0.4) is 0 Å². The van der Waals surface area contributed by atoms with E-state index in [0.717, 1.165) is 13.1 Å². The second-order valence-electron chi connectivity index (χ2n) is 3.13. The Morgan fingerprint density at radius 1 is 1.08 bits per heavy atom. The van der Waals surface area contributed by atoms with Crippen molar-refractivity contribution in [2.45, 2.75) is 9.41 Å². The van der Waals surface area contributed by atoms with E-state index in [0.29, 0.717) is 9.41 Å². The lowest BCUT2D eigenvalue weighted by atomic mass is 10.8. The molecule has 0 radical (unpaired) electrons. The van der Waals surface area contributed by atoms with Crippen molar-refractivity contribution in [1.29, 1.82) is 0 Å². The molecule has 0 aromatic rings. The zero-order valence-electron chi connectivity index (χ0n) is 7.12. The smallest absolute Gasteiger partial charge is 0.124 e. The molecular formula is C6H13N3OS3. The summed E-state index contributed by atoms with van der Waals surface area (Å²) in [6.07, 6.45) is 0. The summed E-state index contributed by atoms with van der Waals surface area (Å²) in [5.41, 5.74) is 0. The Kier molecular flexibility index (Phi) is 2.45. The molecule has 0 amide bonds. The van der Waals surface area contributed by atoms with Crippen LogP contribution in [0.1, 0.15) is 0 Å². The first-order valence-electron chi connectivity index (χ1n) is 4.38. The summed E-state index contributed by atoms with van der Waals surface area (Å²) in [5, 5.41) is 6.99. The maximum atomic E-state index is 5.53. The summed E-state index contributed by atoms with van der Waals surface area (Å²) >= 11 is 3.97. The van der Waals surface area contributed by atoms with E-state index in [1.54, 1.807) is 0 Å². The summed E-state index contributed by atoms with van der Waals surface area (Å²) < 4.78 is 6.52. The predicted molar refractivity (Wildman–Crippen MR) is 60.3 cm³/mol. The van der Waals surface area contributed by atoms with Crippen LogP contribution in [0.25, 0.3) is 0 Å². The molecule has 3 saturated heterocycles. The minimum atomic E-state index is -1.03. The van der Waals surface area contributed by atoms with Gasteiger partial charge in [-0.25, -0.2) is 4.28 Å². The van der Waals surface area contributed by atoms with Crippen LogP contribution >= 0.6 is 34.0 Å².